The minimum Gasteiger partial charge on any atom is -0.326 e. The van der Waals surface area contributed by atoms with Gasteiger partial charge < -0.3 is 10.2 Å². The molecule has 2 amide bonds. The molecular formula is C24H23N3O2S. The number of rotatable bonds is 5. The van der Waals surface area contributed by atoms with E-state index >= 15 is 0 Å². The number of aromatic nitrogens is 1. The van der Waals surface area contributed by atoms with Gasteiger partial charge in [-0.1, -0.05) is 49.9 Å². The van der Waals surface area contributed by atoms with Crippen LogP contribution >= 0.6 is 11.8 Å². The van der Waals surface area contributed by atoms with Crippen LogP contribution in [-0.4, -0.2) is 23.3 Å². The third-order valence-corrected chi connectivity index (χ3v) is 6.12. The van der Waals surface area contributed by atoms with Crippen molar-refractivity contribution in [2.45, 2.75) is 36.1 Å². The third kappa shape index (κ3) is 4.24. The number of carbonyl (C=O) groups is 2. The van der Waals surface area contributed by atoms with E-state index in [0.29, 0.717) is 11.5 Å². The van der Waals surface area contributed by atoms with E-state index in [1.807, 2.05) is 60.7 Å². The summed E-state index contributed by atoms with van der Waals surface area (Å²) in [7, 11) is 0. The minimum absolute atomic E-state index is 0.112. The highest BCUT2D eigenvalue weighted by molar-refractivity contribution is 7.99. The first-order valence-electron chi connectivity index (χ1n) is 9.96. The maximum absolute atomic E-state index is 13.2. The second-order valence-corrected chi connectivity index (χ2v) is 8.49. The quantitative estimate of drug-likeness (QED) is 0.608. The molecular weight excluding hydrogens is 394 g/mol. The minimum atomic E-state index is -0.129. The van der Waals surface area contributed by atoms with Crippen molar-refractivity contribution in [1.82, 2.24) is 4.98 Å². The fourth-order valence-electron chi connectivity index (χ4n) is 3.37. The molecule has 0 saturated heterocycles. The van der Waals surface area contributed by atoms with Crippen molar-refractivity contribution in [3.63, 3.8) is 0 Å². The van der Waals surface area contributed by atoms with Crippen molar-refractivity contribution in [2.24, 2.45) is 0 Å². The predicted octanol–water partition coefficient (Wildman–Crippen LogP) is 5.35. The van der Waals surface area contributed by atoms with Gasteiger partial charge in [0.2, 0.25) is 5.91 Å². The Kier molecular flexibility index (Phi) is 5.86. The van der Waals surface area contributed by atoms with Gasteiger partial charge in [-0.25, -0.2) is 4.98 Å². The lowest BCUT2D eigenvalue weighted by atomic mass is 10.0. The lowest BCUT2D eigenvalue weighted by molar-refractivity contribution is -0.116. The summed E-state index contributed by atoms with van der Waals surface area (Å²) in [5.41, 5.74) is 3.35. The highest BCUT2D eigenvalue weighted by Gasteiger charge is 2.28. The smallest absolute Gasteiger partial charge is 0.259 e. The topological polar surface area (TPSA) is 62.3 Å². The fraction of sp³-hybridized carbons (Fsp3) is 0.208. The number of carbonyl (C=O) groups excluding carboxylic acids is 2. The van der Waals surface area contributed by atoms with E-state index in [0.717, 1.165) is 21.3 Å². The number of anilines is 2. The average molecular weight is 418 g/mol. The first-order chi connectivity index (χ1) is 14.5. The maximum atomic E-state index is 13.2. The highest BCUT2D eigenvalue weighted by atomic mass is 32.2. The molecule has 0 saturated carbocycles. The van der Waals surface area contributed by atoms with Crippen molar-refractivity contribution in [3.05, 3.63) is 78.0 Å². The van der Waals surface area contributed by atoms with E-state index in [9.17, 15) is 9.59 Å². The summed E-state index contributed by atoms with van der Waals surface area (Å²) in [4.78, 5) is 32.8. The van der Waals surface area contributed by atoms with Crippen LogP contribution in [0, 0.1) is 0 Å². The molecule has 3 aromatic rings. The van der Waals surface area contributed by atoms with Crippen LogP contribution in [-0.2, 0) is 4.79 Å². The van der Waals surface area contributed by atoms with Crippen LogP contribution in [0.5, 0.6) is 0 Å². The van der Waals surface area contributed by atoms with Gasteiger partial charge in [0, 0.05) is 29.7 Å². The van der Waals surface area contributed by atoms with E-state index in [1.165, 1.54) is 17.3 Å². The Morgan fingerprint density at radius 1 is 1.07 bits per heavy atom. The van der Waals surface area contributed by atoms with Crippen molar-refractivity contribution in [2.75, 3.05) is 16.8 Å². The van der Waals surface area contributed by atoms with E-state index in [-0.39, 0.29) is 24.8 Å². The van der Waals surface area contributed by atoms with Crippen LogP contribution in [0.4, 0.5) is 11.4 Å². The van der Waals surface area contributed by atoms with Crippen LogP contribution in [0.2, 0.25) is 0 Å². The van der Waals surface area contributed by atoms with E-state index < -0.39 is 0 Å². The second kappa shape index (κ2) is 8.71. The van der Waals surface area contributed by atoms with Gasteiger partial charge in [-0.2, -0.15) is 0 Å². The highest BCUT2D eigenvalue weighted by Crippen LogP contribution is 2.39. The predicted molar refractivity (Wildman–Crippen MR) is 120 cm³/mol. The summed E-state index contributed by atoms with van der Waals surface area (Å²) in [5.74, 6) is 0.202. The largest absolute Gasteiger partial charge is 0.326 e. The zero-order valence-electron chi connectivity index (χ0n) is 17.0. The van der Waals surface area contributed by atoms with Gasteiger partial charge in [0.15, 0.2) is 0 Å². The molecule has 0 bridgehead atoms. The van der Waals surface area contributed by atoms with Crippen molar-refractivity contribution >= 4 is 35.0 Å². The standard InChI is InChI=1S/C24H23N3O2S/c1-16(2)17-9-11-18(12-10-17)26-22(28)13-15-27-20-7-5-14-25-23(20)30-21-8-4-3-6-19(21)24(27)29/h3-12,14,16H,13,15H2,1-2H3,(H,26,28). The molecule has 152 valence electrons. The van der Waals surface area contributed by atoms with Crippen molar-refractivity contribution in [1.29, 1.82) is 0 Å². The number of amides is 2. The number of nitrogens with zero attached hydrogens (tertiary/aromatic N) is 2. The normalized spacial score (nSPS) is 12.9. The Bertz CT molecular complexity index is 1080. The monoisotopic (exact) mass is 417 g/mol. The van der Waals surface area contributed by atoms with E-state index in [4.69, 9.17) is 0 Å². The van der Waals surface area contributed by atoms with Gasteiger partial charge in [-0.15, -0.1) is 0 Å². The molecule has 6 heteroatoms. The molecule has 5 nitrogen and oxygen atoms in total. The lowest BCUT2D eigenvalue weighted by Gasteiger charge is -2.22. The van der Waals surface area contributed by atoms with Gasteiger partial charge in [0.25, 0.3) is 5.91 Å². The van der Waals surface area contributed by atoms with Crippen LogP contribution < -0.4 is 10.2 Å². The molecule has 1 aliphatic heterocycles. The molecule has 2 aromatic carbocycles. The molecule has 0 fully saturated rings. The SMILES string of the molecule is CC(C)c1ccc(NC(=O)CCN2C(=O)c3ccccc3Sc3ncccc32)cc1. The lowest BCUT2D eigenvalue weighted by Crippen LogP contribution is -2.34. The van der Waals surface area contributed by atoms with E-state index in [1.54, 1.807) is 11.1 Å². The number of hydrogen-bond acceptors (Lipinski definition) is 4. The van der Waals surface area contributed by atoms with Crippen LogP contribution in [0.1, 0.15) is 42.1 Å². The first-order valence-corrected chi connectivity index (χ1v) is 10.8. The van der Waals surface area contributed by atoms with E-state index in [2.05, 4.69) is 24.1 Å². The second-order valence-electron chi connectivity index (χ2n) is 7.46. The Labute approximate surface area is 180 Å². The molecule has 0 aliphatic carbocycles. The average Bonchev–Trinajstić information content (AvgIpc) is 2.87. The molecule has 1 aliphatic rings. The number of nitrogens with one attached hydrogen (secondary N) is 1. The molecule has 0 spiro atoms. The fourth-order valence-corrected chi connectivity index (χ4v) is 4.38. The zero-order valence-corrected chi connectivity index (χ0v) is 17.8. The van der Waals surface area contributed by atoms with Gasteiger partial charge >= 0.3 is 0 Å². The summed E-state index contributed by atoms with van der Waals surface area (Å²) >= 11 is 1.48. The van der Waals surface area contributed by atoms with Crippen LogP contribution in [0.3, 0.4) is 0 Å². The van der Waals surface area contributed by atoms with Gasteiger partial charge in [0.1, 0.15) is 5.03 Å². The summed E-state index contributed by atoms with van der Waals surface area (Å²) in [6.45, 7) is 4.55. The van der Waals surface area contributed by atoms with Crippen molar-refractivity contribution in [3.8, 4) is 0 Å². The molecule has 0 unspecified atom stereocenters. The number of fused-ring (bicyclic) bond motifs is 2. The molecule has 1 aromatic heterocycles. The zero-order chi connectivity index (χ0) is 21.1. The van der Waals surface area contributed by atoms with Crippen LogP contribution in [0.25, 0.3) is 0 Å². The van der Waals surface area contributed by atoms with Gasteiger partial charge in [-0.05, 0) is 47.9 Å². The summed E-state index contributed by atoms with van der Waals surface area (Å²) in [6.07, 6.45) is 1.91. The Balaban J connectivity index is 1.50. The summed E-state index contributed by atoms with van der Waals surface area (Å²) in [6, 6.07) is 19.1. The number of pyridine rings is 1. The molecule has 0 radical (unpaired) electrons. The molecule has 0 atom stereocenters. The Morgan fingerprint density at radius 3 is 2.60 bits per heavy atom. The van der Waals surface area contributed by atoms with Gasteiger partial charge in [-0.3, -0.25) is 9.59 Å². The number of hydrogen-bond donors (Lipinski definition) is 1. The maximum Gasteiger partial charge on any atom is 0.259 e. The molecule has 4 rings (SSSR count). The van der Waals surface area contributed by atoms with Crippen LogP contribution in [0.15, 0.2) is 76.8 Å². The first kappa shape index (κ1) is 20.2. The van der Waals surface area contributed by atoms with Crippen molar-refractivity contribution < 1.29 is 9.59 Å². The molecule has 1 N–H and O–H groups in total. The Morgan fingerprint density at radius 2 is 1.83 bits per heavy atom. The summed E-state index contributed by atoms with van der Waals surface area (Å²) in [5, 5.41) is 3.69. The third-order valence-electron chi connectivity index (χ3n) is 5.03. The number of benzene rings is 2. The Hall–Kier alpha value is -3.12. The summed E-state index contributed by atoms with van der Waals surface area (Å²) < 4.78 is 0. The van der Waals surface area contributed by atoms with Gasteiger partial charge in [0.05, 0.1) is 11.3 Å². The molecule has 30 heavy (non-hydrogen) atoms. The molecule has 2 heterocycles.